The van der Waals surface area contributed by atoms with Gasteiger partial charge in [0.15, 0.2) is 0 Å². The Hall–Kier alpha value is -2.78. The average Bonchev–Trinajstić information content (AvgIpc) is 3.39. The Labute approximate surface area is 181 Å². The number of aromatic nitrogens is 3. The normalized spacial score (nSPS) is 17.5. The molecule has 0 bridgehead atoms. The molecular weight excluding hydrogens is 416 g/mol. The van der Waals surface area contributed by atoms with Gasteiger partial charge in [0.2, 0.25) is 10.0 Å². The quantitative estimate of drug-likeness (QED) is 0.545. The number of rotatable bonds is 6. The summed E-state index contributed by atoms with van der Waals surface area (Å²) in [5.41, 5.74) is 1.87. The Kier molecular flexibility index (Phi) is 5.81. The summed E-state index contributed by atoms with van der Waals surface area (Å²) in [6, 6.07) is 8.05. The highest BCUT2D eigenvalue weighted by molar-refractivity contribution is 7.89. The van der Waals surface area contributed by atoms with Crippen LogP contribution in [0.5, 0.6) is 0 Å². The summed E-state index contributed by atoms with van der Waals surface area (Å²) in [5, 5.41) is 0. The number of carbonyl (C=O) groups is 1. The lowest BCUT2D eigenvalue weighted by atomic mass is 10.1. The first kappa shape index (κ1) is 21.5. The third-order valence-electron chi connectivity index (χ3n) is 5.55. The molecule has 164 valence electrons. The maximum atomic E-state index is 13.4. The molecule has 8 nitrogen and oxygen atoms in total. The number of hydrogen-bond donors (Lipinski definition) is 0. The second-order valence-corrected chi connectivity index (χ2v) is 10.1. The average molecular weight is 443 g/mol. The highest BCUT2D eigenvalue weighted by Crippen LogP contribution is 2.33. The van der Waals surface area contributed by atoms with Crippen LogP contribution in [-0.4, -0.2) is 53.4 Å². The van der Waals surface area contributed by atoms with Gasteiger partial charge in [-0.1, -0.05) is 26.0 Å². The fraction of sp³-hybridized carbons (Fsp3) is 0.409. The molecule has 0 unspecified atom stereocenters. The molecule has 0 amide bonds. The van der Waals surface area contributed by atoms with Gasteiger partial charge in [-0.3, -0.25) is 4.98 Å². The van der Waals surface area contributed by atoms with Crippen molar-refractivity contribution in [2.24, 2.45) is 5.92 Å². The number of methoxy groups -OCH3 is 1. The van der Waals surface area contributed by atoms with Crippen molar-refractivity contribution in [3.05, 3.63) is 54.1 Å². The summed E-state index contributed by atoms with van der Waals surface area (Å²) in [7, 11) is -2.61. The van der Waals surface area contributed by atoms with Crippen LogP contribution in [0.2, 0.25) is 0 Å². The van der Waals surface area contributed by atoms with Gasteiger partial charge in [0.05, 0.1) is 34.8 Å². The van der Waals surface area contributed by atoms with E-state index in [4.69, 9.17) is 9.72 Å². The van der Waals surface area contributed by atoms with E-state index in [0.717, 1.165) is 23.4 Å². The lowest BCUT2D eigenvalue weighted by molar-refractivity contribution is 0.0596. The summed E-state index contributed by atoms with van der Waals surface area (Å²) in [6.07, 6.45) is 4.19. The van der Waals surface area contributed by atoms with E-state index in [1.807, 2.05) is 12.3 Å². The molecule has 0 radical (unpaired) electrons. The highest BCUT2D eigenvalue weighted by Gasteiger charge is 2.37. The number of nitrogens with zero attached hydrogens (tertiary/aromatic N) is 4. The summed E-state index contributed by atoms with van der Waals surface area (Å²) >= 11 is 0. The van der Waals surface area contributed by atoms with Crippen molar-refractivity contribution < 1.29 is 17.9 Å². The SMILES string of the molecule is COC(=O)c1ccccc1S(=O)(=O)N1CC[C@@H](c2nc3ccncc3n2CC(C)C)C1. The van der Waals surface area contributed by atoms with Crippen molar-refractivity contribution in [2.45, 2.75) is 37.6 Å². The van der Waals surface area contributed by atoms with Crippen molar-refractivity contribution in [2.75, 3.05) is 20.2 Å². The molecular formula is C22H26N4O4S. The van der Waals surface area contributed by atoms with Crippen LogP contribution in [0.4, 0.5) is 0 Å². The van der Waals surface area contributed by atoms with Gasteiger partial charge in [0, 0.05) is 31.7 Å². The van der Waals surface area contributed by atoms with Gasteiger partial charge in [0.25, 0.3) is 0 Å². The second kappa shape index (κ2) is 8.39. The standard InChI is InChI=1S/C22H26N4O4S/c1-15(2)13-26-19-12-23-10-8-18(19)24-21(26)16-9-11-25(14-16)31(28,29)20-7-5-4-6-17(20)22(27)30-3/h4-8,10,12,15-16H,9,11,13-14H2,1-3H3/t16-/m1/s1. The lowest BCUT2D eigenvalue weighted by Gasteiger charge is -2.19. The molecule has 1 aliphatic heterocycles. The Morgan fingerprint density at radius 3 is 2.77 bits per heavy atom. The Bertz CT molecular complexity index is 1220. The van der Waals surface area contributed by atoms with Gasteiger partial charge in [0.1, 0.15) is 5.82 Å². The van der Waals surface area contributed by atoms with Gasteiger partial charge >= 0.3 is 5.97 Å². The third kappa shape index (κ3) is 3.95. The van der Waals surface area contributed by atoms with Crippen LogP contribution >= 0.6 is 0 Å². The largest absolute Gasteiger partial charge is 0.465 e. The van der Waals surface area contributed by atoms with E-state index in [9.17, 15) is 13.2 Å². The number of carbonyl (C=O) groups excluding carboxylic acids is 1. The van der Waals surface area contributed by atoms with Crippen molar-refractivity contribution in [3.63, 3.8) is 0 Å². The topological polar surface area (TPSA) is 94.4 Å². The zero-order valence-corrected chi connectivity index (χ0v) is 18.7. The molecule has 1 saturated heterocycles. The van der Waals surface area contributed by atoms with E-state index < -0.39 is 16.0 Å². The van der Waals surface area contributed by atoms with Crippen molar-refractivity contribution in [3.8, 4) is 0 Å². The maximum absolute atomic E-state index is 13.4. The second-order valence-electron chi connectivity index (χ2n) is 8.18. The van der Waals surface area contributed by atoms with Gasteiger partial charge in [-0.25, -0.2) is 18.2 Å². The minimum absolute atomic E-state index is 0.0256. The minimum Gasteiger partial charge on any atom is -0.465 e. The fourth-order valence-electron chi connectivity index (χ4n) is 4.12. The van der Waals surface area contributed by atoms with E-state index in [0.29, 0.717) is 25.4 Å². The maximum Gasteiger partial charge on any atom is 0.339 e. The summed E-state index contributed by atoms with van der Waals surface area (Å²) in [6.45, 7) is 5.74. The molecule has 3 aromatic rings. The predicted octanol–water partition coefficient (Wildman–Crippen LogP) is 3.05. The molecule has 1 aromatic carbocycles. The first-order valence-corrected chi connectivity index (χ1v) is 11.7. The molecule has 3 heterocycles. The number of fused-ring (bicyclic) bond motifs is 1. The van der Waals surface area contributed by atoms with Crippen molar-refractivity contribution >= 4 is 27.0 Å². The van der Waals surface area contributed by atoms with Gasteiger partial charge < -0.3 is 9.30 Å². The van der Waals surface area contributed by atoms with Crippen molar-refractivity contribution in [1.29, 1.82) is 0 Å². The van der Waals surface area contributed by atoms with E-state index in [1.54, 1.807) is 18.3 Å². The molecule has 0 spiro atoms. The van der Waals surface area contributed by atoms with E-state index >= 15 is 0 Å². The van der Waals surface area contributed by atoms with E-state index in [2.05, 4.69) is 23.4 Å². The lowest BCUT2D eigenvalue weighted by Crippen LogP contribution is -2.30. The third-order valence-corrected chi connectivity index (χ3v) is 7.48. The number of ether oxygens (including phenoxy) is 1. The van der Waals surface area contributed by atoms with Gasteiger partial charge in [-0.05, 0) is 30.5 Å². The molecule has 0 saturated carbocycles. The number of sulfonamides is 1. The molecule has 0 aliphatic carbocycles. The van der Waals surface area contributed by atoms with Crippen LogP contribution in [0.25, 0.3) is 11.0 Å². The molecule has 2 aromatic heterocycles. The van der Waals surface area contributed by atoms with E-state index in [1.165, 1.54) is 23.5 Å². The van der Waals surface area contributed by atoms with Gasteiger partial charge in [-0.15, -0.1) is 0 Å². The Morgan fingerprint density at radius 2 is 2.03 bits per heavy atom. The van der Waals surface area contributed by atoms with Crippen LogP contribution in [0.15, 0.2) is 47.6 Å². The number of esters is 1. The summed E-state index contributed by atoms with van der Waals surface area (Å²) in [5.74, 6) is 0.590. The summed E-state index contributed by atoms with van der Waals surface area (Å²) < 4.78 is 35.1. The number of pyridine rings is 1. The minimum atomic E-state index is -3.85. The first-order valence-electron chi connectivity index (χ1n) is 10.3. The van der Waals surface area contributed by atoms with Crippen LogP contribution < -0.4 is 0 Å². The number of imidazole rings is 1. The Morgan fingerprint density at radius 1 is 1.26 bits per heavy atom. The van der Waals surface area contributed by atoms with Crippen LogP contribution in [0.3, 0.4) is 0 Å². The molecule has 1 fully saturated rings. The fourth-order valence-corrected chi connectivity index (χ4v) is 5.80. The van der Waals surface area contributed by atoms with Crippen LogP contribution in [0, 0.1) is 5.92 Å². The Balaban J connectivity index is 1.67. The molecule has 9 heteroatoms. The number of hydrogen-bond acceptors (Lipinski definition) is 6. The van der Waals surface area contributed by atoms with Crippen molar-refractivity contribution in [1.82, 2.24) is 18.8 Å². The van der Waals surface area contributed by atoms with Crippen LogP contribution in [-0.2, 0) is 21.3 Å². The first-order chi connectivity index (χ1) is 14.8. The van der Waals surface area contributed by atoms with E-state index in [-0.39, 0.29) is 16.4 Å². The highest BCUT2D eigenvalue weighted by atomic mass is 32.2. The predicted molar refractivity (Wildman–Crippen MR) is 116 cm³/mol. The molecule has 0 N–H and O–H groups in total. The zero-order chi connectivity index (χ0) is 22.2. The van der Waals surface area contributed by atoms with Gasteiger partial charge in [-0.2, -0.15) is 4.31 Å². The zero-order valence-electron chi connectivity index (χ0n) is 17.9. The summed E-state index contributed by atoms with van der Waals surface area (Å²) in [4.78, 5) is 21.1. The molecule has 1 atom stereocenters. The van der Waals surface area contributed by atoms with Crippen LogP contribution in [0.1, 0.15) is 42.4 Å². The number of benzene rings is 1. The smallest absolute Gasteiger partial charge is 0.339 e. The monoisotopic (exact) mass is 442 g/mol. The molecule has 1 aliphatic rings. The molecule has 31 heavy (non-hydrogen) atoms. The molecule has 4 rings (SSSR count).